The lowest BCUT2D eigenvalue weighted by Gasteiger charge is -2.32. The predicted octanol–water partition coefficient (Wildman–Crippen LogP) is 3.96. The van der Waals surface area contributed by atoms with E-state index in [9.17, 15) is 10.1 Å². The number of para-hydroxylation sites is 1. The molecule has 0 bridgehead atoms. The minimum atomic E-state index is -0.425. The number of nitrogens with zero attached hydrogens (tertiary/aromatic N) is 6. The van der Waals surface area contributed by atoms with Crippen LogP contribution in [0.2, 0.25) is 0 Å². The van der Waals surface area contributed by atoms with Crippen LogP contribution < -0.4 is 15.0 Å². The van der Waals surface area contributed by atoms with Crippen molar-refractivity contribution in [2.24, 2.45) is 7.05 Å². The van der Waals surface area contributed by atoms with Gasteiger partial charge in [0.2, 0.25) is 5.69 Å². The van der Waals surface area contributed by atoms with Gasteiger partial charge < -0.3 is 19.9 Å². The first kappa shape index (κ1) is 24.1. The van der Waals surface area contributed by atoms with Gasteiger partial charge in [0.15, 0.2) is 0 Å². The van der Waals surface area contributed by atoms with E-state index in [2.05, 4.69) is 21.7 Å². The normalized spacial score (nSPS) is 13.2. The number of likely N-dealkylation sites (N-methyl/N-ethyl adjacent to an activating group) is 2. The van der Waals surface area contributed by atoms with E-state index >= 15 is 0 Å². The van der Waals surface area contributed by atoms with Gasteiger partial charge in [-0.25, -0.2) is 4.48 Å². The summed E-state index contributed by atoms with van der Waals surface area (Å²) in [6.07, 6.45) is 3.74. The molecule has 1 unspecified atom stereocenters. The third-order valence-electron chi connectivity index (χ3n) is 6.31. The van der Waals surface area contributed by atoms with Gasteiger partial charge in [-0.1, -0.05) is 18.2 Å². The zero-order chi connectivity index (χ0) is 25.3. The first-order valence-electron chi connectivity index (χ1n) is 11.2. The molecule has 4 rings (SSSR count). The van der Waals surface area contributed by atoms with Crippen molar-refractivity contribution >= 4 is 33.9 Å². The average Bonchev–Trinajstić information content (AvgIpc) is 3.19. The number of hydrogen-bond donors (Lipinski definition) is 1. The monoisotopic (exact) mass is 476 g/mol. The van der Waals surface area contributed by atoms with Gasteiger partial charge in [-0.2, -0.15) is 9.97 Å². The van der Waals surface area contributed by atoms with Crippen LogP contribution in [0.15, 0.2) is 54.9 Å². The Morgan fingerprint density at radius 1 is 1.23 bits per heavy atom. The van der Waals surface area contributed by atoms with E-state index in [1.165, 1.54) is 13.2 Å². The van der Waals surface area contributed by atoms with Crippen molar-refractivity contribution in [3.63, 3.8) is 0 Å². The van der Waals surface area contributed by atoms with Gasteiger partial charge >= 0.3 is 11.6 Å². The molecule has 0 radical (unpaired) electrons. The number of aromatic nitrogens is 3. The number of anilines is 1. The number of benzene rings is 2. The molecule has 2 aromatic heterocycles. The average molecular weight is 477 g/mol. The maximum Gasteiger partial charge on any atom is 0.334 e. The van der Waals surface area contributed by atoms with Crippen molar-refractivity contribution in [2.45, 2.75) is 0 Å². The Morgan fingerprint density at radius 2 is 1.97 bits per heavy atom. The number of nitrogens with two attached hydrogens (primary N) is 1. The maximum absolute atomic E-state index is 12.1. The summed E-state index contributed by atoms with van der Waals surface area (Å²) < 4.78 is 7.46. The van der Waals surface area contributed by atoms with Gasteiger partial charge in [0, 0.05) is 48.5 Å². The second-order valence-corrected chi connectivity index (χ2v) is 8.97. The Morgan fingerprint density at radius 3 is 2.66 bits per heavy atom. The lowest BCUT2D eigenvalue weighted by Crippen LogP contribution is -2.46. The molecule has 0 spiro atoms. The number of nitro groups is 1. The highest BCUT2D eigenvalue weighted by atomic mass is 16.6. The number of quaternary nitrogens is 1. The molecule has 35 heavy (non-hydrogen) atoms. The van der Waals surface area contributed by atoms with Crippen molar-refractivity contribution in [3.05, 3.63) is 65.0 Å². The highest BCUT2D eigenvalue weighted by Crippen LogP contribution is 2.43. The summed E-state index contributed by atoms with van der Waals surface area (Å²) in [7, 11) is 9.27. The van der Waals surface area contributed by atoms with E-state index in [1.54, 1.807) is 12.3 Å². The molecule has 0 aliphatic carbocycles. The van der Waals surface area contributed by atoms with E-state index < -0.39 is 4.92 Å². The predicted molar refractivity (Wildman–Crippen MR) is 139 cm³/mol. The van der Waals surface area contributed by atoms with Gasteiger partial charge in [0.25, 0.3) is 0 Å². The fraction of sp³-hybridized carbons (Fsp3) is 0.280. The highest BCUT2D eigenvalue weighted by Gasteiger charge is 2.39. The molecule has 10 nitrogen and oxygen atoms in total. The molecule has 0 saturated heterocycles. The van der Waals surface area contributed by atoms with Crippen LogP contribution in [0.1, 0.15) is 0 Å². The fourth-order valence-corrected chi connectivity index (χ4v) is 4.30. The van der Waals surface area contributed by atoms with E-state index in [-0.39, 0.29) is 15.9 Å². The Balaban J connectivity index is 1.94. The molecule has 0 fully saturated rings. The van der Waals surface area contributed by atoms with Crippen LogP contribution >= 0.6 is 0 Å². The largest absolute Gasteiger partial charge is 0.494 e. The van der Waals surface area contributed by atoms with Crippen molar-refractivity contribution in [1.29, 1.82) is 0 Å². The Bertz CT molecular complexity index is 1400. The molecule has 2 N–H and O–H groups in total. The minimum Gasteiger partial charge on any atom is -0.494 e. The number of fused-ring (bicyclic) bond motifs is 1. The van der Waals surface area contributed by atoms with E-state index in [0.717, 1.165) is 22.2 Å². The molecule has 2 heterocycles. The molecule has 1 atom stereocenters. The third kappa shape index (κ3) is 4.41. The molecule has 0 saturated carbocycles. The number of aryl methyl sites for hydroxylation is 1. The minimum absolute atomic E-state index is 0.0102. The Kier molecular flexibility index (Phi) is 6.42. The third-order valence-corrected chi connectivity index (χ3v) is 6.31. The number of ether oxygens (including phenoxy) is 1. The standard InChI is InChI=1S/C25H30N7O3/c1-29(2)12-13-32(4,23-15-24(35-5)19(26)14-22(23)31(33)34)25-27-11-10-20(28-25)18-16-30(3)21-9-7-6-8-17(18)21/h6-11,14-16H,12-13,26H2,1-5H3/q+1. The van der Waals surface area contributed by atoms with Crippen LogP contribution in [-0.2, 0) is 7.05 Å². The van der Waals surface area contributed by atoms with Crippen LogP contribution in [0.25, 0.3) is 22.2 Å². The summed E-state index contributed by atoms with van der Waals surface area (Å²) in [6, 6.07) is 12.9. The summed E-state index contributed by atoms with van der Waals surface area (Å²) >= 11 is 0. The number of nitro benzene ring substituents is 1. The Hall–Kier alpha value is -4.02. The van der Waals surface area contributed by atoms with Gasteiger partial charge in [-0.15, -0.1) is 0 Å². The van der Waals surface area contributed by atoms with Crippen LogP contribution in [-0.4, -0.2) is 65.7 Å². The van der Waals surface area contributed by atoms with Gasteiger partial charge in [-0.3, -0.25) is 10.1 Å². The lowest BCUT2D eigenvalue weighted by molar-refractivity contribution is -0.384. The van der Waals surface area contributed by atoms with Crippen molar-refractivity contribution in [3.8, 4) is 17.0 Å². The van der Waals surface area contributed by atoms with E-state index in [4.69, 9.17) is 15.5 Å². The topological polar surface area (TPSA) is 112 Å². The molecular formula is C25H30N7O3+. The lowest BCUT2D eigenvalue weighted by atomic mass is 10.1. The van der Waals surface area contributed by atoms with Crippen molar-refractivity contribution < 1.29 is 9.66 Å². The zero-order valence-corrected chi connectivity index (χ0v) is 20.6. The first-order valence-corrected chi connectivity index (χ1v) is 11.2. The second kappa shape index (κ2) is 9.32. The summed E-state index contributed by atoms with van der Waals surface area (Å²) in [5.74, 6) is 0.803. The van der Waals surface area contributed by atoms with Gasteiger partial charge in [0.05, 0.1) is 36.5 Å². The van der Waals surface area contributed by atoms with Crippen LogP contribution in [0.3, 0.4) is 0 Å². The molecule has 2 aromatic carbocycles. The van der Waals surface area contributed by atoms with Crippen LogP contribution in [0.5, 0.6) is 5.75 Å². The van der Waals surface area contributed by atoms with Crippen LogP contribution in [0.4, 0.5) is 23.0 Å². The van der Waals surface area contributed by atoms with Gasteiger partial charge in [0.1, 0.15) is 12.3 Å². The number of methoxy groups -OCH3 is 1. The highest BCUT2D eigenvalue weighted by molar-refractivity contribution is 5.95. The SMILES string of the molecule is COc1cc([N+](C)(CCN(C)C)c2nccc(-c3cn(C)c4ccccc34)n2)c([N+](=O)[O-])cc1N. The van der Waals surface area contributed by atoms with Crippen LogP contribution in [0, 0.1) is 10.1 Å². The summed E-state index contributed by atoms with van der Waals surface area (Å²) in [5.41, 5.74) is 9.31. The molecule has 4 aromatic rings. The first-order chi connectivity index (χ1) is 16.7. The van der Waals surface area contributed by atoms with E-state index in [1.807, 2.05) is 57.5 Å². The van der Waals surface area contributed by atoms with Crippen molar-refractivity contribution in [1.82, 2.24) is 23.9 Å². The molecule has 0 amide bonds. The van der Waals surface area contributed by atoms with E-state index in [0.29, 0.717) is 30.5 Å². The summed E-state index contributed by atoms with van der Waals surface area (Å²) in [5, 5.41) is 13.1. The molecule has 10 heteroatoms. The van der Waals surface area contributed by atoms with Crippen molar-refractivity contribution in [2.75, 3.05) is 47.1 Å². The summed E-state index contributed by atoms with van der Waals surface area (Å²) in [4.78, 5) is 23.2. The molecule has 0 aliphatic heterocycles. The molecular weight excluding hydrogens is 446 g/mol. The maximum atomic E-state index is 12.1. The Labute approximate surface area is 203 Å². The van der Waals surface area contributed by atoms with Gasteiger partial charge in [-0.05, 0) is 26.2 Å². The molecule has 182 valence electrons. The second-order valence-electron chi connectivity index (χ2n) is 8.97. The number of nitrogen functional groups attached to an aromatic ring is 1. The molecule has 0 aliphatic rings. The fourth-order valence-electron chi connectivity index (χ4n) is 4.30. The quantitative estimate of drug-likeness (QED) is 0.177. The summed E-state index contributed by atoms with van der Waals surface area (Å²) in [6.45, 7) is 1.13. The smallest absolute Gasteiger partial charge is 0.334 e. The zero-order valence-electron chi connectivity index (χ0n) is 20.6. The number of rotatable bonds is 8. The number of hydrogen-bond acceptors (Lipinski definition) is 7.